The van der Waals surface area contributed by atoms with Crippen LogP contribution in [0.25, 0.3) is 0 Å². The first-order valence-corrected chi connectivity index (χ1v) is 4.51. The lowest BCUT2D eigenvalue weighted by Gasteiger charge is -2.36. The zero-order valence-corrected chi connectivity index (χ0v) is 7.32. The van der Waals surface area contributed by atoms with Gasteiger partial charge in [-0.05, 0) is 32.3 Å². The van der Waals surface area contributed by atoms with Crippen LogP contribution in [0.5, 0.6) is 0 Å². The molecule has 1 N–H and O–H groups in total. The molecule has 0 bridgehead atoms. The Morgan fingerprint density at radius 2 is 2.42 bits per heavy atom. The number of nitrogens with zero attached hydrogens (tertiary/aromatic N) is 2. The van der Waals surface area contributed by atoms with Gasteiger partial charge in [0.25, 0.3) is 0 Å². The molecule has 1 heterocycles. The maximum absolute atomic E-state index is 10.0. The highest BCUT2D eigenvalue weighted by Crippen LogP contribution is 2.40. The van der Waals surface area contributed by atoms with Crippen molar-refractivity contribution in [3.8, 4) is 0 Å². The standard InChI is InChI=1S/C9H14N2O/c1-2-11-8(4-7-10-11)9(12)5-3-6-9/h4,7,12H,2-3,5-6H2,1H3. The molecule has 2 rings (SSSR count). The first kappa shape index (κ1) is 7.80. The Hall–Kier alpha value is -0.830. The SMILES string of the molecule is CCn1nccc1C1(O)CCC1. The molecule has 3 nitrogen and oxygen atoms in total. The predicted molar refractivity (Wildman–Crippen MR) is 45.6 cm³/mol. The monoisotopic (exact) mass is 166 g/mol. The van der Waals surface area contributed by atoms with Crippen LogP contribution in [0.15, 0.2) is 12.3 Å². The maximum atomic E-state index is 10.0. The molecule has 0 radical (unpaired) electrons. The van der Waals surface area contributed by atoms with Gasteiger partial charge in [0.05, 0.1) is 5.69 Å². The fourth-order valence-electron chi connectivity index (χ4n) is 1.75. The van der Waals surface area contributed by atoms with Gasteiger partial charge in [-0.2, -0.15) is 5.10 Å². The van der Waals surface area contributed by atoms with E-state index >= 15 is 0 Å². The van der Waals surface area contributed by atoms with Gasteiger partial charge in [0.2, 0.25) is 0 Å². The second kappa shape index (κ2) is 2.59. The molecule has 0 aromatic carbocycles. The lowest BCUT2D eigenvalue weighted by Crippen LogP contribution is -2.36. The van der Waals surface area contributed by atoms with Crippen LogP contribution in [-0.2, 0) is 12.1 Å². The molecular weight excluding hydrogens is 152 g/mol. The van der Waals surface area contributed by atoms with Crippen LogP contribution in [0.4, 0.5) is 0 Å². The fraction of sp³-hybridized carbons (Fsp3) is 0.667. The lowest BCUT2D eigenvalue weighted by atomic mass is 9.78. The van der Waals surface area contributed by atoms with Crippen molar-refractivity contribution in [1.29, 1.82) is 0 Å². The Bertz CT molecular complexity index is 276. The molecule has 1 aromatic heterocycles. The Morgan fingerprint density at radius 3 is 2.92 bits per heavy atom. The number of hydrogen-bond donors (Lipinski definition) is 1. The predicted octanol–water partition coefficient (Wildman–Crippen LogP) is 1.27. The third-order valence-electron chi connectivity index (χ3n) is 2.67. The van der Waals surface area contributed by atoms with Gasteiger partial charge < -0.3 is 5.11 Å². The number of aliphatic hydroxyl groups is 1. The molecule has 1 saturated carbocycles. The van der Waals surface area contributed by atoms with E-state index in [2.05, 4.69) is 5.10 Å². The average Bonchev–Trinajstić information content (AvgIpc) is 2.47. The molecule has 0 aliphatic heterocycles. The molecule has 1 aliphatic rings. The first-order valence-electron chi connectivity index (χ1n) is 4.51. The van der Waals surface area contributed by atoms with Gasteiger partial charge in [-0.3, -0.25) is 4.68 Å². The van der Waals surface area contributed by atoms with Crippen molar-refractivity contribution in [2.45, 2.75) is 38.3 Å². The largest absolute Gasteiger partial charge is 0.384 e. The average molecular weight is 166 g/mol. The summed E-state index contributed by atoms with van der Waals surface area (Å²) in [4.78, 5) is 0. The van der Waals surface area contributed by atoms with E-state index < -0.39 is 5.60 Å². The molecule has 1 aliphatic carbocycles. The summed E-state index contributed by atoms with van der Waals surface area (Å²) >= 11 is 0. The van der Waals surface area contributed by atoms with E-state index in [0.717, 1.165) is 31.5 Å². The highest BCUT2D eigenvalue weighted by Gasteiger charge is 2.38. The van der Waals surface area contributed by atoms with E-state index in [0.29, 0.717) is 0 Å². The van der Waals surface area contributed by atoms with Gasteiger partial charge in [0, 0.05) is 12.7 Å². The fourth-order valence-corrected chi connectivity index (χ4v) is 1.75. The molecule has 1 fully saturated rings. The second-order valence-electron chi connectivity index (χ2n) is 3.42. The number of hydrogen-bond acceptors (Lipinski definition) is 2. The van der Waals surface area contributed by atoms with E-state index in [9.17, 15) is 5.11 Å². The Morgan fingerprint density at radius 1 is 1.67 bits per heavy atom. The smallest absolute Gasteiger partial charge is 0.106 e. The van der Waals surface area contributed by atoms with E-state index in [-0.39, 0.29) is 0 Å². The number of rotatable bonds is 2. The minimum absolute atomic E-state index is 0.563. The van der Waals surface area contributed by atoms with Crippen molar-refractivity contribution in [3.05, 3.63) is 18.0 Å². The Balaban J connectivity index is 2.31. The summed E-state index contributed by atoms with van der Waals surface area (Å²) in [5.41, 5.74) is 0.420. The molecule has 0 saturated heterocycles. The van der Waals surface area contributed by atoms with Gasteiger partial charge in [-0.25, -0.2) is 0 Å². The highest BCUT2D eigenvalue weighted by atomic mass is 16.3. The van der Waals surface area contributed by atoms with Gasteiger partial charge in [-0.1, -0.05) is 0 Å². The van der Waals surface area contributed by atoms with Crippen molar-refractivity contribution in [3.63, 3.8) is 0 Å². The molecule has 1 aromatic rings. The van der Waals surface area contributed by atoms with Gasteiger partial charge in [0.15, 0.2) is 0 Å². The summed E-state index contributed by atoms with van der Waals surface area (Å²) < 4.78 is 1.87. The minimum Gasteiger partial charge on any atom is -0.384 e. The molecule has 3 heteroatoms. The van der Waals surface area contributed by atoms with Crippen LogP contribution in [-0.4, -0.2) is 14.9 Å². The van der Waals surface area contributed by atoms with Crippen molar-refractivity contribution < 1.29 is 5.11 Å². The van der Waals surface area contributed by atoms with E-state index in [1.807, 2.05) is 17.7 Å². The van der Waals surface area contributed by atoms with Crippen LogP contribution in [0.1, 0.15) is 31.9 Å². The summed E-state index contributed by atoms with van der Waals surface area (Å²) in [6.45, 7) is 2.88. The quantitative estimate of drug-likeness (QED) is 0.718. The van der Waals surface area contributed by atoms with Crippen molar-refractivity contribution in [2.24, 2.45) is 0 Å². The van der Waals surface area contributed by atoms with Crippen LogP contribution < -0.4 is 0 Å². The van der Waals surface area contributed by atoms with Crippen LogP contribution in [0.3, 0.4) is 0 Å². The number of aromatic nitrogens is 2. The summed E-state index contributed by atoms with van der Waals surface area (Å²) in [5.74, 6) is 0. The number of aryl methyl sites for hydroxylation is 1. The molecule has 66 valence electrons. The molecule has 12 heavy (non-hydrogen) atoms. The van der Waals surface area contributed by atoms with Gasteiger partial charge >= 0.3 is 0 Å². The van der Waals surface area contributed by atoms with Gasteiger partial charge in [0.1, 0.15) is 5.60 Å². The normalized spacial score (nSPS) is 20.5. The zero-order chi connectivity index (χ0) is 8.60. The van der Waals surface area contributed by atoms with Crippen LogP contribution >= 0.6 is 0 Å². The minimum atomic E-state index is -0.563. The molecular formula is C9H14N2O. The third kappa shape index (κ3) is 0.966. The van der Waals surface area contributed by atoms with Gasteiger partial charge in [-0.15, -0.1) is 0 Å². The van der Waals surface area contributed by atoms with E-state index in [4.69, 9.17) is 0 Å². The summed E-state index contributed by atoms with van der Waals surface area (Å²) in [6, 6.07) is 1.92. The highest BCUT2D eigenvalue weighted by molar-refractivity contribution is 5.15. The van der Waals surface area contributed by atoms with Crippen LogP contribution in [0.2, 0.25) is 0 Å². The topological polar surface area (TPSA) is 38.0 Å². The molecule has 0 spiro atoms. The Labute approximate surface area is 72.0 Å². The zero-order valence-electron chi connectivity index (χ0n) is 7.32. The first-order chi connectivity index (χ1) is 5.76. The summed E-state index contributed by atoms with van der Waals surface area (Å²) in [5, 5.41) is 14.2. The maximum Gasteiger partial charge on any atom is 0.106 e. The summed E-state index contributed by atoms with van der Waals surface area (Å²) in [6.07, 6.45) is 4.66. The van der Waals surface area contributed by atoms with E-state index in [1.165, 1.54) is 0 Å². The van der Waals surface area contributed by atoms with Crippen molar-refractivity contribution in [1.82, 2.24) is 9.78 Å². The molecule has 0 unspecified atom stereocenters. The van der Waals surface area contributed by atoms with Crippen molar-refractivity contribution >= 4 is 0 Å². The molecule has 0 amide bonds. The van der Waals surface area contributed by atoms with Crippen molar-refractivity contribution in [2.75, 3.05) is 0 Å². The lowest BCUT2D eigenvalue weighted by molar-refractivity contribution is -0.0462. The Kier molecular flexibility index (Phi) is 1.68. The molecule has 0 atom stereocenters. The summed E-state index contributed by atoms with van der Waals surface area (Å²) in [7, 11) is 0. The second-order valence-corrected chi connectivity index (χ2v) is 3.42. The van der Waals surface area contributed by atoms with E-state index in [1.54, 1.807) is 6.20 Å². The van der Waals surface area contributed by atoms with Crippen LogP contribution in [0, 0.1) is 0 Å². The third-order valence-corrected chi connectivity index (χ3v) is 2.67.